The predicted octanol–water partition coefficient (Wildman–Crippen LogP) is 4.07. The number of anilines is 1. The fraction of sp³-hybridized carbons (Fsp3) is 0.308. The molecular weight excluding hydrogens is 468 g/mol. The molecule has 1 atom stereocenters. The van der Waals surface area contributed by atoms with E-state index in [0.717, 1.165) is 16.7 Å². The molecule has 2 aromatic carbocycles. The van der Waals surface area contributed by atoms with Crippen molar-refractivity contribution in [1.29, 1.82) is 0 Å². The normalized spacial score (nSPS) is 17.2. The van der Waals surface area contributed by atoms with Crippen LogP contribution in [0.3, 0.4) is 0 Å². The molecule has 2 heterocycles. The molecule has 1 aliphatic heterocycles. The predicted molar refractivity (Wildman–Crippen MR) is 133 cm³/mol. The van der Waals surface area contributed by atoms with Crippen molar-refractivity contribution in [3.05, 3.63) is 81.6 Å². The van der Waals surface area contributed by atoms with Crippen LogP contribution in [0.25, 0.3) is 0 Å². The number of aryl methyl sites for hydroxylation is 2. The highest BCUT2D eigenvalue weighted by atomic mass is 35.5. The van der Waals surface area contributed by atoms with Gasteiger partial charge in [0.15, 0.2) is 5.69 Å². The fourth-order valence-corrected chi connectivity index (χ4v) is 4.33. The molecule has 0 spiro atoms. The molecule has 182 valence electrons. The van der Waals surface area contributed by atoms with Gasteiger partial charge in [0.2, 0.25) is 5.91 Å². The van der Waals surface area contributed by atoms with Crippen molar-refractivity contribution in [3.8, 4) is 0 Å². The minimum absolute atomic E-state index is 0.0160. The van der Waals surface area contributed by atoms with Crippen LogP contribution in [0, 0.1) is 13.8 Å². The highest BCUT2D eigenvalue weighted by Gasteiger charge is 2.49. The summed E-state index contributed by atoms with van der Waals surface area (Å²) in [7, 11) is 0. The lowest BCUT2D eigenvalue weighted by atomic mass is 9.93. The first kappa shape index (κ1) is 24.5. The summed E-state index contributed by atoms with van der Waals surface area (Å²) >= 11 is 6.27. The second-order valence-electron chi connectivity index (χ2n) is 8.81. The van der Waals surface area contributed by atoms with Crippen LogP contribution in [0.5, 0.6) is 0 Å². The first-order valence-electron chi connectivity index (χ1n) is 11.3. The number of hydrogen-bond acceptors (Lipinski definition) is 5. The van der Waals surface area contributed by atoms with Crippen LogP contribution in [0.4, 0.5) is 5.69 Å². The molecule has 0 radical (unpaired) electrons. The van der Waals surface area contributed by atoms with Crippen LogP contribution in [-0.4, -0.2) is 39.7 Å². The summed E-state index contributed by atoms with van der Waals surface area (Å²) < 4.78 is 6.45. The van der Waals surface area contributed by atoms with E-state index < -0.39 is 17.4 Å². The summed E-state index contributed by atoms with van der Waals surface area (Å²) in [5, 5.41) is 7.68. The summed E-state index contributed by atoms with van der Waals surface area (Å²) in [5.74, 6) is -1.44. The number of halogens is 1. The monoisotopic (exact) mass is 494 g/mol. The maximum absolute atomic E-state index is 13.8. The van der Waals surface area contributed by atoms with Crippen molar-refractivity contribution >= 4 is 35.1 Å². The Balaban J connectivity index is 1.75. The molecule has 0 unspecified atom stereocenters. The highest BCUT2D eigenvalue weighted by molar-refractivity contribution is 6.31. The van der Waals surface area contributed by atoms with Crippen molar-refractivity contribution in [3.63, 3.8) is 0 Å². The molecular formula is C26H27ClN4O4. The van der Waals surface area contributed by atoms with Gasteiger partial charge in [0.05, 0.1) is 13.2 Å². The molecule has 3 aromatic rings. The van der Waals surface area contributed by atoms with E-state index in [9.17, 15) is 14.4 Å². The van der Waals surface area contributed by atoms with Crippen LogP contribution in [-0.2, 0) is 22.6 Å². The molecule has 1 aromatic heterocycles. The van der Waals surface area contributed by atoms with Gasteiger partial charge in [0, 0.05) is 23.3 Å². The number of ether oxygens (including phenoxy) is 1. The van der Waals surface area contributed by atoms with Crippen molar-refractivity contribution in [1.82, 2.24) is 15.1 Å². The summed E-state index contributed by atoms with van der Waals surface area (Å²) in [4.78, 5) is 41.2. The molecule has 35 heavy (non-hydrogen) atoms. The van der Waals surface area contributed by atoms with Gasteiger partial charge < -0.3 is 10.1 Å². The van der Waals surface area contributed by atoms with Gasteiger partial charge in [-0.25, -0.2) is 4.79 Å². The largest absolute Gasteiger partial charge is 0.461 e. The van der Waals surface area contributed by atoms with E-state index in [1.807, 2.05) is 38.1 Å². The van der Waals surface area contributed by atoms with Gasteiger partial charge in [-0.15, -0.1) is 0 Å². The molecule has 0 fully saturated rings. The summed E-state index contributed by atoms with van der Waals surface area (Å²) in [6, 6.07) is 14.4. The molecule has 8 nitrogen and oxygen atoms in total. The van der Waals surface area contributed by atoms with E-state index in [0.29, 0.717) is 17.3 Å². The second kappa shape index (κ2) is 9.54. The number of benzene rings is 2. The standard InChI is InChI=1S/C26H27ClN4O4/c1-5-35-24(33)20-13-22-23(32)31(21-12-19(27)11-8-17(21)3)26(4,15-30(22)29-20)25(34)28-14-18-9-6-16(2)7-10-18/h6-13H,5,14-15H2,1-4H3,(H,28,34)/t26-/m1/s1. The number of hydrogen-bond donors (Lipinski definition) is 1. The molecule has 4 rings (SSSR count). The average molecular weight is 495 g/mol. The quantitative estimate of drug-likeness (QED) is 0.521. The number of esters is 1. The maximum Gasteiger partial charge on any atom is 0.358 e. The number of nitrogens with zero attached hydrogens (tertiary/aromatic N) is 3. The molecule has 0 saturated heterocycles. The van der Waals surface area contributed by atoms with Gasteiger partial charge in [-0.2, -0.15) is 5.10 Å². The Bertz CT molecular complexity index is 1300. The Kier molecular flexibility index (Phi) is 6.67. The third-order valence-electron chi connectivity index (χ3n) is 6.11. The van der Waals surface area contributed by atoms with Gasteiger partial charge in [-0.1, -0.05) is 47.5 Å². The molecule has 1 aliphatic rings. The Hall–Kier alpha value is -3.65. The van der Waals surface area contributed by atoms with E-state index in [1.165, 1.54) is 15.6 Å². The number of carbonyl (C=O) groups is 3. The Morgan fingerprint density at radius 2 is 1.86 bits per heavy atom. The number of fused-ring (bicyclic) bond motifs is 1. The first-order chi connectivity index (χ1) is 16.6. The molecule has 1 N–H and O–H groups in total. The van der Waals surface area contributed by atoms with Gasteiger partial charge in [-0.05, 0) is 51.0 Å². The van der Waals surface area contributed by atoms with Crippen molar-refractivity contribution in [2.75, 3.05) is 11.5 Å². The number of aromatic nitrogens is 2. The second-order valence-corrected chi connectivity index (χ2v) is 9.24. The topological polar surface area (TPSA) is 93.5 Å². The smallest absolute Gasteiger partial charge is 0.358 e. The van der Waals surface area contributed by atoms with Crippen LogP contribution in [0.1, 0.15) is 51.5 Å². The molecule has 0 aliphatic carbocycles. The molecule has 0 bridgehead atoms. The number of rotatable bonds is 6. The number of carbonyl (C=O) groups excluding carboxylic acids is 3. The number of amides is 2. The Morgan fingerprint density at radius 1 is 1.14 bits per heavy atom. The van der Waals surface area contributed by atoms with E-state index in [2.05, 4.69) is 10.4 Å². The van der Waals surface area contributed by atoms with E-state index >= 15 is 0 Å². The third-order valence-corrected chi connectivity index (χ3v) is 6.35. The number of nitrogens with one attached hydrogen (secondary N) is 1. The van der Waals surface area contributed by atoms with Crippen LogP contribution < -0.4 is 10.2 Å². The zero-order valence-corrected chi connectivity index (χ0v) is 20.8. The molecule has 9 heteroatoms. The SMILES string of the molecule is CCOC(=O)c1cc2n(n1)C[C@](C)(C(=O)NCc1ccc(C)cc1)N(c1cc(Cl)ccc1C)C2=O. The van der Waals surface area contributed by atoms with E-state index in [-0.39, 0.29) is 30.4 Å². The lowest BCUT2D eigenvalue weighted by Crippen LogP contribution is -2.64. The van der Waals surface area contributed by atoms with Crippen LogP contribution in [0.2, 0.25) is 5.02 Å². The van der Waals surface area contributed by atoms with Crippen molar-refractivity contribution in [2.24, 2.45) is 0 Å². The zero-order chi connectivity index (χ0) is 25.3. The third kappa shape index (κ3) is 4.66. The van der Waals surface area contributed by atoms with Gasteiger partial charge in [-0.3, -0.25) is 19.2 Å². The summed E-state index contributed by atoms with van der Waals surface area (Å²) in [6.07, 6.45) is 0. The molecule has 0 saturated carbocycles. The summed E-state index contributed by atoms with van der Waals surface area (Å²) in [5.41, 5.74) is 2.21. The van der Waals surface area contributed by atoms with E-state index in [1.54, 1.807) is 32.0 Å². The molecule has 2 amide bonds. The van der Waals surface area contributed by atoms with Crippen LogP contribution in [0.15, 0.2) is 48.5 Å². The minimum atomic E-state index is -1.35. The van der Waals surface area contributed by atoms with Gasteiger partial charge in [0.1, 0.15) is 11.2 Å². The van der Waals surface area contributed by atoms with Crippen molar-refractivity contribution < 1.29 is 19.1 Å². The fourth-order valence-electron chi connectivity index (χ4n) is 4.17. The van der Waals surface area contributed by atoms with Crippen molar-refractivity contribution in [2.45, 2.75) is 46.3 Å². The van der Waals surface area contributed by atoms with Gasteiger partial charge in [0.25, 0.3) is 5.91 Å². The Morgan fingerprint density at radius 3 is 2.54 bits per heavy atom. The lowest BCUT2D eigenvalue weighted by molar-refractivity contribution is -0.126. The first-order valence-corrected chi connectivity index (χ1v) is 11.7. The van der Waals surface area contributed by atoms with Gasteiger partial charge >= 0.3 is 5.97 Å². The van der Waals surface area contributed by atoms with Crippen LogP contribution >= 0.6 is 11.6 Å². The average Bonchev–Trinajstić information content (AvgIpc) is 3.25. The van der Waals surface area contributed by atoms with E-state index in [4.69, 9.17) is 16.3 Å². The maximum atomic E-state index is 13.8. The Labute approximate surface area is 208 Å². The summed E-state index contributed by atoms with van der Waals surface area (Å²) in [6.45, 7) is 7.74. The highest BCUT2D eigenvalue weighted by Crippen LogP contribution is 2.36. The lowest BCUT2D eigenvalue weighted by Gasteiger charge is -2.43. The minimum Gasteiger partial charge on any atom is -0.461 e. The zero-order valence-electron chi connectivity index (χ0n) is 20.1.